The number of ether oxygens (including phenoxy) is 14. The molecule has 0 bridgehead atoms. The Hall–Kier alpha value is -8.32. The molecule has 12 rings (SSSR count). The quantitative estimate of drug-likeness (QED) is 0.0205. The standard InChI is InChI=1S/C95H122N2O18/c1-89(2,96(47-73(98)51-102-77-31-15-65(16-32-77)91(5,6)69-23-39-81(40-24-69)106-55-85-59-110-85)48-74(99)52-103-78-33-17-66(18-34-78)92(7,8)70-25-41-82(42-26-70)107-56-86-60-111-86)63-114-95(13,14)115-64-90(3,4)97(49-75(100)53-104-79-35-19-67(20-36-79)93(9,10)71-27-43-83(44-28-71)108-57-87-61-112-87)50-76(101)54-105-80-37-21-68(22-38-80)94(11,12)72-29-45-84(46-30-72)109-58-88-62-113-88/h15-46,73-76,85-88,98-101H,47-64H2,1-14H3. The van der Waals surface area contributed by atoms with Gasteiger partial charge in [-0.05, 0) is 183 Å². The van der Waals surface area contributed by atoms with Crippen LogP contribution >= 0.6 is 0 Å². The number of hydrogen-bond donors (Lipinski definition) is 4. The largest absolute Gasteiger partial charge is 0.491 e. The average Bonchev–Trinajstić information content (AvgIpc) is 1.71. The van der Waals surface area contributed by atoms with Crippen LogP contribution in [-0.4, -0.2) is 215 Å². The lowest BCUT2D eigenvalue weighted by atomic mass is 9.78. The van der Waals surface area contributed by atoms with Crippen LogP contribution in [0.2, 0.25) is 0 Å². The highest BCUT2D eigenvalue weighted by molar-refractivity contribution is 5.46. The molecule has 8 aromatic carbocycles. The number of epoxide rings is 4. The number of benzene rings is 8. The lowest BCUT2D eigenvalue weighted by Gasteiger charge is -2.44. The van der Waals surface area contributed by atoms with Crippen LogP contribution in [0.25, 0.3) is 0 Å². The highest BCUT2D eigenvalue weighted by atomic mass is 16.7. The summed E-state index contributed by atoms with van der Waals surface area (Å²) < 4.78 is 83.6. The molecule has 0 aliphatic carbocycles. The lowest BCUT2D eigenvalue weighted by molar-refractivity contribution is -0.240. The van der Waals surface area contributed by atoms with Crippen LogP contribution in [0.3, 0.4) is 0 Å². The van der Waals surface area contributed by atoms with Gasteiger partial charge in [-0.2, -0.15) is 0 Å². The maximum absolute atomic E-state index is 12.0. The van der Waals surface area contributed by atoms with E-state index in [0.717, 1.165) is 93.9 Å². The summed E-state index contributed by atoms with van der Waals surface area (Å²) in [4.78, 5) is 4.01. The number of aliphatic hydroxyl groups is 4. The smallest absolute Gasteiger partial charge is 0.162 e. The minimum absolute atomic E-state index is 0.0271. The minimum atomic E-state index is -1.19. The number of aliphatic hydroxyl groups excluding tert-OH is 4. The van der Waals surface area contributed by atoms with Gasteiger partial charge < -0.3 is 86.7 Å². The minimum Gasteiger partial charge on any atom is -0.491 e. The topological polar surface area (TPSA) is 230 Å². The van der Waals surface area contributed by atoms with Crippen LogP contribution in [0, 0.1) is 0 Å². The zero-order valence-electron chi connectivity index (χ0n) is 69.7. The maximum atomic E-state index is 12.0. The summed E-state index contributed by atoms with van der Waals surface area (Å²) in [7, 11) is 0. The Morgan fingerprint density at radius 3 is 0.583 bits per heavy atom. The van der Waals surface area contributed by atoms with E-state index in [1.807, 2.05) is 148 Å². The molecule has 4 fully saturated rings. The molecule has 0 radical (unpaired) electrons. The molecular weight excluding hydrogens is 1460 g/mol. The predicted molar refractivity (Wildman–Crippen MR) is 444 cm³/mol. The lowest BCUT2D eigenvalue weighted by Crippen LogP contribution is -2.56. The van der Waals surface area contributed by atoms with Crippen molar-refractivity contribution in [3.8, 4) is 46.0 Å². The molecule has 0 saturated carbocycles. The molecule has 4 aliphatic rings. The third kappa shape index (κ3) is 24.9. The van der Waals surface area contributed by atoms with Crippen molar-refractivity contribution in [3.63, 3.8) is 0 Å². The van der Waals surface area contributed by atoms with Crippen molar-refractivity contribution in [1.82, 2.24) is 9.80 Å². The molecule has 20 heteroatoms. The van der Waals surface area contributed by atoms with Gasteiger partial charge in [-0.1, -0.05) is 152 Å². The van der Waals surface area contributed by atoms with Gasteiger partial charge in [0.05, 0.1) is 39.6 Å². The molecule has 0 amide bonds. The van der Waals surface area contributed by atoms with Crippen molar-refractivity contribution in [1.29, 1.82) is 0 Å². The second-order valence-corrected chi connectivity index (χ2v) is 35.0. The van der Waals surface area contributed by atoms with Gasteiger partial charge in [0.1, 0.15) is 148 Å². The Bertz CT molecular complexity index is 3760. The Morgan fingerprint density at radius 1 is 0.270 bits per heavy atom. The fourth-order valence-electron chi connectivity index (χ4n) is 13.9. The monoisotopic (exact) mass is 1580 g/mol. The number of hydrogen-bond acceptors (Lipinski definition) is 20. The van der Waals surface area contributed by atoms with Gasteiger partial charge in [0.25, 0.3) is 0 Å². The first-order valence-electron chi connectivity index (χ1n) is 40.6. The molecule has 8 atom stereocenters. The summed E-state index contributed by atoms with van der Waals surface area (Å²) in [5, 5.41) is 47.8. The van der Waals surface area contributed by atoms with Gasteiger partial charge in [0.2, 0.25) is 0 Å². The van der Waals surface area contributed by atoms with Crippen LogP contribution in [0.1, 0.15) is 141 Å². The number of rotatable bonds is 48. The van der Waals surface area contributed by atoms with E-state index in [0.29, 0.717) is 49.4 Å². The first kappa shape index (κ1) is 86.0. The second-order valence-electron chi connectivity index (χ2n) is 35.0. The predicted octanol–water partition coefficient (Wildman–Crippen LogP) is 14.1. The Labute approximate surface area is 680 Å². The maximum Gasteiger partial charge on any atom is 0.162 e. The van der Waals surface area contributed by atoms with Crippen molar-refractivity contribution in [3.05, 3.63) is 239 Å². The first-order chi connectivity index (χ1) is 54.7. The van der Waals surface area contributed by atoms with Gasteiger partial charge in [0.15, 0.2) is 5.79 Å². The van der Waals surface area contributed by atoms with Crippen molar-refractivity contribution in [2.24, 2.45) is 0 Å². The summed E-state index contributed by atoms with van der Waals surface area (Å²) in [6.45, 7) is 34.9. The Morgan fingerprint density at radius 2 is 0.426 bits per heavy atom. The van der Waals surface area contributed by atoms with Crippen LogP contribution in [0.15, 0.2) is 194 Å². The van der Waals surface area contributed by atoms with Crippen LogP contribution in [0.4, 0.5) is 0 Å². The molecule has 0 spiro atoms. The zero-order valence-corrected chi connectivity index (χ0v) is 69.7. The molecule has 620 valence electrons. The van der Waals surface area contributed by atoms with Crippen LogP contribution in [-0.2, 0) is 50.1 Å². The summed E-state index contributed by atoms with van der Waals surface area (Å²) in [5.41, 5.74) is 5.99. The van der Waals surface area contributed by atoms with Gasteiger partial charge in [-0.25, -0.2) is 0 Å². The third-order valence-electron chi connectivity index (χ3n) is 22.7. The molecule has 4 N–H and O–H groups in total. The van der Waals surface area contributed by atoms with Crippen molar-refractivity contribution in [2.45, 2.75) is 184 Å². The van der Waals surface area contributed by atoms with E-state index in [1.54, 1.807) is 0 Å². The summed E-state index contributed by atoms with van der Waals surface area (Å²) >= 11 is 0. The van der Waals surface area contributed by atoms with Gasteiger partial charge in [-0.3, -0.25) is 9.80 Å². The normalized spacial score (nSPS) is 18.1. The van der Waals surface area contributed by atoms with E-state index >= 15 is 0 Å². The molecule has 20 nitrogen and oxygen atoms in total. The average molecular weight is 1580 g/mol. The summed E-state index contributed by atoms with van der Waals surface area (Å²) in [5.74, 6) is 4.45. The molecular formula is C95H122N2O18. The fraction of sp³-hybridized carbons (Fsp3) is 0.495. The van der Waals surface area contributed by atoms with Crippen LogP contribution in [0.5, 0.6) is 46.0 Å². The van der Waals surface area contributed by atoms with E-state index in [-0.39, 0.29) is 112 Å². The summed E-state index contributed by atoms with van der Waals surface area (Å²) in [6, 6.07) is 64.6. The van der Waals surface area contributed by atoms with E-state index < -0.39 is 41.3 Å². The third-order valence-corrected chi connectivity index (χ3v) is 22.7. The van der Waals surface area contributed by atoms with Crippen molar-refractivity contribution < 1.29 is 86.7 Å². The van der Waals surface area contributed by atoms with E-state index in [1.165, 1.54) is 0 Å². The van der Waals surface area contributed by atoms with Crippen molar-refractivity contribution >= 4 is 0 Å². The summed E-state index contributed by atoms with van der Waals surface area (Å²) in [6.07, 6.45) is -3.26. The highest BCUT2D eigenvalue weighted by Gasteiger charge is 2.38. The molecule has 4 heterocycles. The van der Waals surface area contributed by atoms with E-state index in [4.69, 9.17) is 66.3 Å². The van der Waals surface area contributed by atoms with E-state index in [2.05, 4.69) is 152 Å². The molecule has 115 heavy (non-hydrogen) atoms. The molecule has 8 aromatic rings. The first-order valence-corrected chi connectivity index (χ1v) is 40.6. The Kier molecular flexibility index (Phi) is 28.1. The zero-order chi connectivity index (χ0) is 81.8. The highest BCUT2D eigenvalue weighted by Crippen LogP contribution is 2.39. The molecule has 4 aliphatic heterocycles. The molecule has 4 saturated heterocycles. The Balaban J connectivity index is 0.690. The fourth-order valence-corrected chi connectivity index (χ4v) is 13.9. The van der Waals surface area contributed by atoms with Gasteiger partial charge in [0, 0.05) is 58.9 Å². The molecule has 0 aromatic heterocycles. The van der Waals surface area contributed by atoms with Crippen LogP contribution < -0.4 is 37.9 Å². The second kappa shape index (κ2) is 37.5. The number of β-amino-alcohol motifs (C(OH)–C–C–N with tert-alkyl or cyclic N) is 4. The SMILES string of the molecule is CC(C)(OCC(C)(C)N(CC(O)COc1ccc(C(C)(C)c2ccc(OCC3CO3)cc2)cc1)CC(O)COc1ccc(C(C)(C)c2ccc(OCC3CO3)cc2)cc1)OCC(C)(C)N(CC(O)COc1ccc(C(C)(C)c2ccc(OCC3CO3)cc2)cc1)CC(O)COc1ccc(C(C)(C)c2ccc(OCC3CO3)cc2)cc1. The van der Waals surface area contributed by atoms with Gasteiger partial charge >= 0.3 is 0 Å². The number of nitrogens with zero attached hydrogens (tertiary/aromatic N) is 2. The molecule has 8 unspecified atom stereocenters. The van der Waals surface area contributed by atoms with Crippen molar-refractivity contribution in [2.75, 3.05) is 119 Å². The van der Waals surface area contributed by atoms with E-state index in [9.17, 15) is 20.4 Å². The van der Waals surface area contributed by atoms with Gasteiger partial charge in [-0.15, -0.1) is 0 Å².